The molecule has 18 heavy (non-hydrogen) atoms. The maximum atomic E-state index is 11.1. The Balaban J connectivity index is 2.69. The molecule has 0 aliphatic rings. The number of hydrogen-bond donors (Lipinski definition) is 1. The Morgan fingerprint density at radius 3 is 2.50 bits per heavy atom. The Bertz CT molecular complexity index is 479. The van der Waals surface area contributed by atoms with Gasteiger partial charge in [0, 0.05) is 20.3 Å². The molecule has 1 N–H and O–H groups in total. The minimum atomic E-state index is -0.792. The van der Waals surface area contributed by atoms with Crippen LogP contribution in [0.25, 0.3) is 0 Å². The molecule has 1 heterocycles. The van der Waals surface area contributed by atoms with E-state index in [4.69, 9.17) is 9.47 Å². The van der Waals surface area contributed by atoms with Crippen molar-refractivity contribution in [2.24, 2.45) is 7.05 Å². The molecule has 0 aromatic carbocycles. The first-order valence-corrected chi connectivity index (χ1v) is 6.60. The van der Waals surface area contributed by atoms with E-state index in [1.807, 2.05) is 13.8 Å². The predicted molar refractivity (Wildman–Crippen MR) is 67.9 cm³/mol. The van der Waals surface area contributed by atoms with E-state index >= 15 is 0 Å². The van der Waals surface area contributed by atoms with Crippen LogP contribution in [0.5, 0.6) is 0 Å². The first-order valence-electron chi connectivity index (χ1n) is 5.61. The van der Waals surface area contributed by atoms with Gasteiger partial charge in [0.25, 0.3) is 0 Å². The van der Waals surface area contributed by atoms with E-state index < -0.39 is 11.1 Å². The van der Waals surface area contributed by atoms with Crippen LogP contribution in [-0.2, 0) is 16.5 Å². The number of aromatic amines is 1. The number of aromatic nitrogens is 3. The molecule has 0 aliphatic carbocycles. The Labute approximate surface area is 108 Å². The smallest absolute Gasteiger partial charge is 0.339 e. The van der Waals surface area contributed by atoms with Crippen LogP contribution in [0.4, 0.5) is 0 Å². The molecule has 7 nitrogen and oxygen atoms in total. The van der Waals surface area contributed by atoms with Gasteiger partial charge >= 0.3 is 11.1 Å². The zero-order valence-electron chi connectivity index (χ0n) is 10.6. The lowest BCUT2D eigenvalue weighted by Crippen LogP contribution is -2.34. The molecule has 0 fully saturated rings. The number of nitrogens with one attached hydrogen (secondary N) is 1. The van der Waals surface area contributed by atoms with Crippen LogP contribution in [0.3, 0.4) is 0 Å². The molecule has 0 saturated heterocycles. The number of thioether (sulfide) groups is 1. The summed E-state index contributed by atoms with van der Waals surface area (Å²) in [4.78, 5) is 25.8. The summed E-state index contributed by atoms with van der Waals surface area (Å²) in [7, 11) is 1.62. The van der Waals surface area contributed by atoms with Crippen LogP contribution in [0, 0.1) is 0 Å². The fourth-order valence-electron chi connectivity index (χ4n) is 1.25. The zero-order valence-corrected chi connectivity index (χ0v) is 11.5. The van der Waals surface area contributed by atoms with Crippen LogP contribution in [0.1, 0.15) is 13.8 Å². The second-order valence-electron chi connectivity index (χ2n) is 3.35. The van der Waals surface area contributed by atoms with Gasteiger partial charge in [0.2, 0.25) is 0 Å². The lowest BCUT2D eigenvalue weighted by atomic mass is 10.7. The molecule has 1 aromatic heterocycles. The first kappa shape index (κ1) is 14.9. The summed E-state index contributed by atoms with van der Waals surface area (Å²) in [5.41, 5.74) is -1.52. The van der Waals surface area contributed by atoms with Gasteiger partial charge in [0.1, 0.15) is 0 Å². The van der Waals surface area contributed by atoms with E-state index in [1.165, 1.54) is 16.4 Å². The van der Waals surface area contributed by atoms with Crippen molar-refractivity contribution in [2.75, 3.05) is 19.0 Å². The van der Waals surface area contributed by atoms with Crippen LogP contribution in [-0.4, -0.2) is 40.0 Å². The largest absolute Gasteiger partial charge is 0.352 e. The van der Waals surface area contributed by atoms with Gasteiger partial charge in [-0.1, -0.05) is 11.8 Å². The molecule has 8 heteroatoms. The van der Waals surface area contributed by atoms with Gasteiger partial charge in [-0.2, -0.15) is 4.98 Å². The maximum Gasteiger partial charge on any atom is 0.339 e. The normalized spacial score (nSPS) is 11.1. The SMILES string of the molecule is CCOC(CSc1nc(=O)c(=O)[nH]n1C)OCC. The standard InChI is InChI=1S/C10H17N3O4S/c1-4-16-7(17-5-2)6-18-10-11-8(14)9(15)12-13(10)3/h7H,4-6H2,1-3H3,(H,12,15). The van der Waals surface area contributed by atoms with Crippen molar-refractivity contribution in [1.82, 2.24) is 14.8 Å². The minimum absolute atomic E-state index is 0.353. The van der Waals surface area contributed by atoms with Crippen molar-refractivity contribution in [3.63, 3.8) is 0 Å². The molecule has 0 aliphatic heterocycles. The topological polar surface area (TPSA) is 86.2 Å². The lowest BCUT2D eigenvalue weighted by molar-refractivity contribution is -0.120. The summed E-state index contributed by atoms with van der Waals surface area (Å²) in [5, 5.41) is 2.80. The summed E-state index contributed by atoms with van der Waals surface area (Å²) in [6.45, 7) is 4.85. The summed E-state index contributed by atoms with van der Waals surface area (Å²) < 4.78 is 12.1. The Kier molecular flexibility index (Phi) is 6.10. The van der Waals surface area contributed by atoms with Crippen molar-refractivity contribution in [3.05, 3.63) is 20.7 Å². The van der Waals surface area contributed by atoms with E-state index in [1.54, 1.807) is 7.05 Å². The van der Waals surface area contributed by atoms with Crippen LogP contribution >= 0.6 is 11.8 Å². The average Bonchev–Trinajstić information content (AvgIpc) is 2.32. The van der Waals surface area contributed by atoms with E-state index in [0.717, 1.165) is 0 Å². The van der Waals surface area contributed by atoms with Crippen LogP contribution < -0.4 is 11.1 Å². The van der Waals surface area contributed by atoms with E-state index in [0.29, 0.717) is 24.1 Å². The van der Waals surface area contributed by atoms with Gasteiger partial charge in [-0.15, -0.1) is 0 Å². The quantitative estimate of drug-likeness (QED) is 0.427. The summed E-state index contributed by atoms with van der Waals surface area (Å²) in [6, 6.07) is 0. The van der Waals surface area contributed by atoms with E-state index in [2.05, 4.69) is 10.1 Å². The predicted octanol–water partition coefficient (Wildman–Crippen LogP) is -0.0402. The highest BCUT2D eigenvalue weighted by atomic mass is 32.2. The molecule has 0 bridgehead atoms. The Morgan fingerprint density at radius 1 is 1.33 bits per heavy atom. The molecule has 0 unspecified atom stereocenters. The fourth-order valence-corrected chi connectivity index (χ4v) is 2.11. The van der Waals surface area contributed by atoms with Gasteiger partial charge in [0.05, 0.1) is 5.75 Å². The molecule has 0 atom stereocenters. The third-order valence-corrected chi connectivity index (χ3v) is 3.06. The van der Waals surface area contributed by atoms with Crippen molar-refractivity contribution < 1.29 is 9.47 Å². The summed E-state index contributed by atoms with van der Waals surface area (Å²) in [6.07, 6.45) is -0.353. The van der Waals surface area contributed by atoms with Gasteiger partial charge in [0.15, 0.2) is 11.4 Å². The van der Waals surface area contributed by atoms with Crippen LogP contribution in [0.2, 0.25) is 0 Å². The molecule has 0 saturated carbocycles. The number of rotatable bonds is 7. The van der Waals surface area contributed by atoms with E-state index in [9.17, 15) is 9.59 Å². The molecule has 1 rings (SSSR count). The molecule has 1 aromatic rings. The highest BCUT2D eigenvalue weighted by Gasteiger charge is 2.11. The van der Waals surface area contributed by atoms with Crippen molar-refractivity contribution in [3.8, 4) is 0 Å². The van der Waals surface area contributed by atoms with E-state index in [-0.39, 0.29) is 6.29 Å². The highest BCUT2D eigenvalue weighted by molar-refractivity contribution is 7.99. The van der Waals surface area contributed by atoms with Gasteiger partial charge in [-0.25, -0.2) is 0 Å². The van der Waals surface area contributed by atoms with Crippen molar-refractivity contribution in [1.29, 1.82) is 0 Å². The van der Waals surface area contributed by atoms with Crippen molar-refractivity contribution >= 4 is 11.8 Å². The minimum Gasteiger partial charge on any atom is -0.352 e. The number of hydrogen-bond acceptors (Lipinski definition) is 6. The third-order valence-electron chi connectivity index (χ3n) is 2.00. The molecule has 0 spiro atoms. The Morgan fingerprint density at radius 2 is 1.94 bits per heavy atom. The molecule has 0 amide bonds. The third kappa shape index (κ3) is 4.28. The Hall–Kier alpha value is -1.12. The summed E-state index contributed by atoms with van der Waals surface area (Å²) >= 11 is 1.29. The second-order valence-corrected chi connectivity index (χ2v) is 4.34. The second kappa shape index (κ2) is 7.34. The monoisotopic (exact) mass is 275 g/mol. The summed E-state index contributed by atoms with van der Waals surface area (Å²) in [5.74, 6) is 0.494. The maximum absolute atomic E-state index is 11.1. The van der Waals surface area contributed by atoms with Crippen LogP contribution in [0.15, 0.2) is 14.7 Å². The van der Waals surface area contributed by atoms with Gasteiger partial charge in [-0.05, 0) is 13.8 Å². The molecular formula is C10H17N3O4S. The fraction of sp³-hybridized carbons (Fsp3) is 0.700. The molecular weight excluding hydrogens is 258 g/mol. The van der Waals surface area contributed by atoms with Crippen molar-refractivity contribution in [2.45, 2.75) is 25.3 Å². The highest BCUT2D eigenvalue weighted by Crippen LogP contribution is 2.14. The first-order chi connectivity index (χ1) is 8.58. The van der Waals surface area contributed by atoms with Gasteiger partial charge in [-0.3, -0.25) is 19.4 Å². The number of H-pyrrole nitrogens is 1. The molecule has 102 valence electrons. The zero-order chi connectivity index (χ0) is 13.5. The lowest BCUT2D eigenvalue weighted by Gasteiger charge is -2.16. The average molecular weight is 275 g/mol. The number of ether oxygens (including phenoxy) is 2. The van der Waals surface area contributed by atoms with Gasteiger partial charge < -0.3 is 9.47 Å². The number of nitrogens with zero attached hydrogens (tertiary/aromatic N) is 2. The number of aryl methyl sites for hydroxylation is 1. The molecule has 0 radical (unpaired) electrons.